The van der Waals surface area contributed by atoms with Gasteiger partial charge in [0.2, 0.25) is 0 Å². The third-order valence-electron chi connectivity index (χ3n) is 5.88. The average Bonchev–Trinajstić information content (AvgIpc) is 2.84. The Balaban J connectivity index is 1.76. The lowest BCUT2D eigenvalue weighted by atomic mass is 9.76. The molecule has 4 rings (SSSR count). The number of rotatable bonds is 5. The Morgan fingerprint density at radius 2 is 1.24 bits per heavy atom. The lowest BCUT2D eigenvalue weighted by Crippen LogP contribution is -2.19. The number of carbonyl (C=O) groups is 1. The first kappa shape index (κ1) is 22.2. The van der Waals surface area contributed by atoms with Gasteiger partial charge in [0.15, 0.2) is 28.8 Å². The van der Waals surface area contributed by atoms with Gasteiger partial charge in [-0.3, -0.25) is 4.79 Å². The first-order valence-corrected chi connectivity index (χ1v) is 10.7. The molecule has 1 fully saturated rings. The van der Waals surface area contributed by atoms with Gasteiger partial charge >= 0.3 is 0 Å². The van der Waals surface area contributed by atoms with Gasteiger partial charge in [0.05, 0.1) is 14.2 Å². The number of hydrogen-bond donors (Lipinski definition) is 2. The van der Waals surface area contributed by atoms with Crippen LogP contribution in [-0.2, 0) is 4.79 Å². The normalized spacial score (nSPS) is 18.5. The third-order valence-corrected chi connectivity index (χ3v) is 5.88. The lowest BCUT2D eigenvalue weighted by molar-refractivity contribution is -0.113. The van der Waals surface area contributed by atoms with Crippen LogP contribution >= 0.6 is 0 Å². The molecule has 0 spiro atoms. The summed E-state index contributed by atoms with van der Waals surface area (Å²) >= 11 is 0. The van der Waals surface area contributed by atoms with E-state index in [1.54, 1.807) is 36.4 Å². The van der Waals surface area contributed by atoms with Crippen molar-refractivity contribution < 1.29 is 24.5 Å². The molecule has 0 bridgehead atoms. The molecule has 0 aliphatic heterocycles. The van der Waals surface area contributed by atoms with Crippen molar-refractivity contribution in [2.45, 2.75) is 18.8 Å². The highest BCUT2D eigenvalue weighted by Gasteiger charge is 2.29. The highest BCUT2D eigenvalue weighted by Crippen LogP contribution is 2.39. The van der Waals surface area contributed by atoms with E-state index in [1.807, 2.05) is 30.4 Å². The van der Waals surface area contributed by atoms with Crippen LogP contribution in [0.4, 0.5) is 0 Å². The van der Waals surface area contributed by atoms with E-state index in [4.69, 9.17) is 9.47 Å². The molecule has 0 aromatic heterocycles. The summed E-state index contributed by atoms with van der Waals surface area (Å²) in [5.74, 6) is 0.969. The molecule has 5 heteroatoms. The number of ether oxygens (including phenoxy) is 2. The lowest BCUT2D eigenvalue weighted by Gasteiger charge is -2.26. The Hall–Kier alpha value is -3.99. The molecule has 1 aliphatic rings. The van der Waals surface area contributed by atoms with Gasteiger partial charge in [0.25, 0.3) is 0 Å². The molecule has 168 valence electrons. The SMILES string of the molecule is COc1cc(/C=C2/CC(c3ccccc3)C/C(=C/c3ccc(O)c(OC)c3)C2=O)ccc1O. The minimum absolute atomic E-state index is 0.0127. The molecule has 0 atom stereocenters. The topological polar surface area (TPSA) is 76.0 Å². The molecular formula is C28H26O5. The van der Waals surface area contributed by atoms with E-state index in [0.717, 1.165) is 11.1 Å². The number of carbonyl (C=O) groups excluding carboxylic acids is 1. The van der Waals surface area contributed by atoms with Crippen LogP contribution in [0.3, 0.4) is 0 Å². The van der Waals surface area contributed by atoms with Crippen molar-refractivity contribution in [3.8, 4) is 23.0 Å². The van der Waals surface area contributed by atoms with Crippen LogP contribution in [0.1, 0.15) is 35.4 Å². The molecule has 0 radical (unpaired) electrons. The van der Waals surface area contributed by atoms with Gasteiger partial charge in [-0.1, -0.05) is 42.5 Å². The number of allylic oxidation sites excluding steroid dienone is 2. The minimum Gasteiger partial charge on any atom is -0.504 e. The van der Waals surface area contributed by atoms with E-state index in [9.17, 15) is 15.0 Å². The fourth-order valence-corrected chi connectivity index (χ4v) is 4.17. The number of hydrogen-bond acceptors (Lipinski definition) is 5. The van der Waals surface area contributed by atoms with Crippen molar-refractivity contribution in [2.75, 3.05) is 14.2 Å². The molecule has 2 N–H and O–H groups in total. The zero-order valence-electron chi connectivity index (χ0n) is 18.6. The van der Waals surface area contributed by atoms with E-state index in [0.29, 0.717) is 35.5 Å². The van der Waals surface area contributed by atoms with Crippen molar-refractivity contribution in [3.05, 3.63) is 94.6 Å². The molecule has 5 nitrogen and oxygen atoms in total. The van der Waals surface area contributed by atoms with Crippen LogP contribution in [0, 0.1) is 0 Å². The van der Waals surface area contributed by atoms with Crippen LogP contribution in [0.2, 0.25) is 0 Å². The number of phenolic OH excluding ortho intramolecular Hbond substituents is 2. The van der Waals surface area contributed by atoms with Gasteiger partial charge in [-0.15, -0.1) is 0 Å². The van der Waals surface area contributed by atoms with Gasteiger partial charge < -0.3 is 19.7 Å². The smallest absolute Gasteiger partial charge is 0.185 e. The minimum atomic E-state index is -0.0127. The Bertz CT molecular complexity index is 1150. The highest BCUT2D eigenvalue weighted by molar-refractivity contribution is 6.14. The number of Topliss-reactive ketones (excluding diaryl/α,β-unsaturated/α-hetero) is 1. The number of benzene rings is 3. The molecule has 0 saturated heterocycles. The van der Waals surface area contributed by atoms with E-state index in [-0.39, 0.29) is 23.2 Å². The molecule has 33 heavy (non-hydrogen) atoms. The summed E-state index contributed by atoms with van der Waals surface area (Å²) < 4.78 is 10.4. The summed E-state index contributed by atoms with van der Waals surface area (Å²) in [6.07, 6.45) is 4.96. The first-order valence-electron chi connectivity index (χ1n) is 10.7. The summed E-state index contributed by atoms with van der Waals surface area (Å²) in [6, 6.07) is 20.3. The summed E-state index contributed by atoms with van der Waals surface area (Å²) in [6.45, 7) is 0. The Labute approximate surface area is 193 Å². The van der Waals surface area contributed by atoms with Gasteiger partial charge in [-0.25, -0.2) is 0 Å². The Morgan fingerprint density at radius 3 is 1.70 bits per heavy atom. The second-order valence-corrected chi connectivity index (χ2v) is 8.05. The van der Waals surface area contributed by atoms with Crippen molar-refractivity contribution in [3.63, 3.8) is 0 Å². The van der Waals surface area contributed by atoms with E-state index < -0.39 is 0 Å². The van der Waals surface area contributed by atoms with Crippen molar-refractivity contribution in [1.82, 2.24) is 0 Å². The van der Waals surface area contributed by atoms with Gasteiger partial charge in [0.1, 0.15) is 0 Å². The molecule has 3 aromatic rings. The standard InChI is InChI=1S/C28H26O5/c1-32-26-14-18(8-10-24(26)29)12-22-16-21(20-6-4-3-5-7-20)17-23(28(22)31)13-19-9-11-25(30)27(15-19)33-2/h3-15,21,29-30H,16-17H2,1-2H3/b22-12-,23-13-. The molecular weight excluding hydrogens is 416 g/mol. The summed E-state index contributed by atoms with van der Waals surface area (Å²) in [5, 5.41) is 19.8. The number of phenols is 2. The second kappa shape index (κ2) is 9.65. The maximum Gasteiger partial charge on any atom is 0.185 e. The van der Waals surface area contributed by atoms with Crippen molar-refractivity contribution in [2.24, 2.45) is 0 Å². The van der Waals surface area contributed by atoms with Crippen molar-refractivity contribution in [1.29, 1.82) is 0 Å². The van der Waals surface area contributed by atoms with Crippen LogP contribution in [0.5, 0.6) is 23.0 Å². The average molecular weight is 443 g/mol. The fraction of sp³-hybridized carbons (Fsp3) is 0.179. The fourth-order valence-electron chi connectivity index (χ4n) is 4.17. The maximum atomic E-state index is 13.5. The van der Waals surface area contributed by atoms with Crippen LogP contribution < -0.4 is 9.47 Å². The molecule has 0 amide bonds. The van der Waals surface area contributed by atoms with Crippen LogP contribution in [0.15, 0.2) is 77.9 Å². The molecule has 0 heterocycles. The predicted octanol–water partition coefficient (Wildman–Crippen LogP) is 5.73. The molecule has 0 unspecified atom stereocenters. The molecule has 3 aromatic carbocycles. The van der Waals surface area contributed by atoms with E-state index in [2.05, 4.69) is 12.1 Å². The number of methoxy groups -OCH3 is 2. The zero-order chi connectivity index (χ0) is 23.4. The van der Waals surface area contributed by atoms with E-state index in [1.165, 1.54) is 19.8 Å². The summed E-state index contributed by atoms with van der Waals surface area (Å²) in [5.41, 5.74) is 4.13. The summed E-state index contributed by atoms with van der Waals surface area (Å²) in [7, 11) is 2.99. The first-order chi connectivity index (χ1) is 16.0. The Kier molecular flexibility index (Phi) is 6.50. The second-order valence-electron chi connectivity index (χ2n) is 8.05. The van der Waals surface area contributed by atoms with Gasteiger partial charge in [0, 0.05) is 11.1 Å². The Morgan fingerprint density at radius 1 is 0.758 bits per heavy atom. The summed E-state index contributed by atoms with van der Waals surface area (Å²) in [4.78, 5) is 13.5. The zero-order valence-corrected chi connectivity index (χ0v) is 18.6. The van der Waals surface area contributed by atoms with Crippen LogP contribution in [-0.4, -0.2) is 30.2 Å². The highest BCUT2D eigenvalue weighted by atomic mass is 16.5. The van der Waals surface area contributed by atoms with Crippen LogP contribution in [0.25, 0.3) is 12.2 Å². The largest absolute Gasteiger partial charge is 0.504 e. The molecule has 1 aliphatic carbocycles. The van der Waals surface area contributed by atoms with Gasteiger partial charge in [-0.05, 0) is 71.9 Å². The quantitative estimate of drug-likeness (QED) is 0.494. The number of aromatic hydroxyl groups is 2. The monoisotopic (exact) mass is 442 g/mol. The van der Waals surface area contributed by atoms with Crippen molar-refractivity contribution >= 4 is 17.9 Å². The molecule has 1 saturated carbocycles. The number of ketones is 1. The maximum absolute atomic E-state index is 13.5. The third kappa shape index (κ3) is 4.93. The van der Waals surface area contributed by atoms with Gasteiger partial charge in [-0.2, -0.15) is 0 Å². The predicted molar refractivity (Wildman–Crippen MR) is 129 cm³/mol. The van der Waals surface area contributed by atoms with E-state index >= 15 is 0 Å².